The molecule has 0 saturated carbocycles. The van der Waals surface area contributed by atoms with Crippen LogP contribution in [-0.4, -0.2) is 76.6 Å². The smallest absolute Gasteiger partial charge is 0.410 e. The Kier molecular flexibility index (Phi) is 7.84. The Hall–Kier alpha value is -2.94. The first-order chi connectivity index (χ1) is 15.2. The fourth-order valence-electron chi connectivity index (χ4n) is 3.59. The first-order valence-electron chi connectivity index (χ1n) is 11.2. The van der Waals surface area contributed by atoms with E-state index in [1.807, 2.05) is 39.0 Å². The number of carbonyl (C=O) groups is 2. The van der Waals surface area contributed by atoms with Crippen LogP contribution in [0.3, 0.4) is 0 Å². The summed E-state index contributed by atoms with van der Waals surface area (Å²) in [6.45, 7) is 9.67. The molecule has 1 aliphatic rings. The van der Waals surface area contributed by atoms with Crippen LogP contribution in [0.4, 0.5) is 4.79 Å². The molecule has 0 atom stereocenters. The van der Waals surface area contributed by atoms with Crippen molar-refractivity contribution in [2.75, 3.05) is 39.3 Å². The summed E-state index contributed by atoms with van der Waals surface area (Å²) in [6.07, 6.45) is 1.26. The average Bonchev–Trinajstić information content (AvgIpc) is 2.73. The van der Waals surface area contributed by atoms with Crippen LogP contribution in [0.25, 0.3) is 10.9 Å². The van der Waals surface area contributed by atoms with Gasteiger partial charge in [-0.1, -0.05) is 12.1 Å². The third-order valence-corrected chi connectivity index (χ3v) is 5.25. The number of hydrogen-bond acceptors (Lipinski definition) is 6. The number of para-hydroxylation sites is 1. The first-order valence-corrected chi connectivity index (χ1v) is 11.2. The third kappa shape index (κ3) is 7.05. The van der Waals surface area contributed by atoms with Crippen LogP contribution in [0.2, 0.25) is 0 Å². The quantitative estimate of drug-likeness (QED) is 0.677. The van der Waals surface area contributed by atoms with E-state index in [4.69, 9.17) is 4.74 Å². The maximum absolute atomic E-state index is 12.1. The van der Waals surface area contributed by atoms with E-state index in [-0.39, 0.29) is 17.6 Å². The molecule has 2 amide bonds. The number of aryl methyl sites for hydroxylation is 1. The maximum Gasteiger partial charge on any atom is 0.410 e. The van der Waals surface area contributed by atoms with Crippen molar-refractivity contribution in [3.63, 3.8) is 0 Å². The van der Waals surface area contributed by atoms with E-state index in [1.165, 1.54) is 0 Å². The molecule has 2 heterocycles. The van der Waals surface area contributed by atoms with Crippen molar-refractivity contribution in [3.05, 3.63) is 40.4 Å². The highest BCUT2D eigenvalue weighted by Gasteiger charge is 2.25. The lowest BCUT2D eigenvalue weighted by Crippen LogP contribution is -2.51. The Labute approximate surface area is 188 Å². The maximum atomic E-state index is 12.1. The lowest BCUT2D eigenvalue weighted by atomic mass is 10.2. The minimum absolute atomic E-state index is 0.0134. The number of hydrogen-bond donors (Lipinski definition) is 2. The summed E-state index contributed by atoms with van der Waals surface area (Å²) in [7, 11) is 0. The molecule has 3 rings (SSSR count). The van der Waals surface area contributed by atoms with Crippen LogP contribution in [-0.2, 0) is 16.0 Å². The third-order valence-electron chi connectivity index (χ3n) is 5.25. The topological polar surface area (TPSA) is 108 Å². The summed E-state index contributed by atoms with van der Waals surface area (Å²) >= 11 is 0. The summed E-state index contributed by atoms with van der Waals surface area (Å²) < 4.78 is 5.41. The molecule has 9 heteroatoms. The first kappa shape index (κ1) is 23.7. The van der Waals surface area contributed by atoms with Crippen molar-refractivity contribution in [2.45, 2.75) is 45.6 Å². The Morgan fingerprint density at radius 3 is 2.59 bits per heavy atom. The van der Waals surface area contributed by atoms with Gasteiger partial charge in [0.2, 0.25) is 5.91 Å². The number of rotatable bonds is 7. The van der Waals surface area contributed by atoms with E-state index >= 15 is 0 Å². The van der Waals surface area contributed by atoms with E-state index in [0.29, 0.717) is 55.6 Å². The average molecular weight is 444 g/mol. The predicted molar refractivity (Wildman–Crippen MR) is 123 cm³/mol. The second-order valence-electron chi connectivity index (χ2n) is 9.04. The number of carbonyl (C=O) groups excluding carboxylic acids is 2. The minimum Gasteiger partial charge on any atom is -0.444 e. The molecular weight excluding hydrogens is 410 g/mol. The molecule has 1 aromatic carbocycles. The molecule has 9 nitrogen and oxygen atoms in total. The monoisotopic (exact) mass is 443 g/mol. The molecule has 0 radical (unpaired) electrons. The van der Waals surface area contributed by atoms with Gasteiger partial charge < -0.3 is 19.9 Å². The second-order valence-corrected chi connectivity index (χ2v) is 9.04. The molecule has 1 saturated heterocycles. The molecular formula is C23H33N5O4. The largest absolute Gasteiger partial charge is 0.444 e. The normalized spacial score (nSPS) is 15.0. The Morgan fingerprint density at radius 1 is 1.16 bits per heavy atom. The molecule has 2 aromatic rings. The van der Waals surface area contributed by atoms with Crippen molar-refractivity contribution < 1.29 is 14.3 Å². The van der Waals surface area contributed by atoms with Gasteiger partial charge >= 0.3 is 6.09 Å². The van der Waals surface area contributed by atoms with Crippen LogP contribution in [0.5, 0.6) is 0 Å². The molecule has 1 aliphatic heterocycles. The number of ether oxygens (including phenoxy) is 1. The molecule has 1 aromatic heterocycles. The van der Waals surface area contributed by atoms with Gasteiger partial charge in [0.15, 0.2) is 0 Å². The van der Waals surface area contributed by atoms with E-state index in [1.54, 1.807) is 11.0 Å². The highest BCUT2D eigenvalue weighted by molar-refractivity contribution is 5.77. The number of aromatic amines is 1. The van der Waals surface area contributed by atoms with E-state index in [9.17, 15) is 14.4 Å². The standard InChI is InChI=1S/C23H33N5O4/c1-23(2,3)32-22(31)28-15-13-27(14-16-28)12-11-24-20(29)10-6-9-19-25-18-8-5-4-7-17(18)21(30)26-19/h4-5,7-8H,6,9-16H2,1-3H3,(H,24,29)(H,25,26,30). The molecule has 174 valence electrons. The number of H-pyrrole nitrogens is 1. The highest BCUT2D eigenvalue weighted by atomic mass is 16.6. The van der Waals surface area contributed by atoms with Gasteiger partial charge in [-0.15, -0.1) is 0 Å². The fraction of sp³-hybridized carbons (Fsp3) is 0.565. The van der Waals surface area contributed by atoms with Crippen LogP contribution in [0.1, 0.15) is 39.4 Å². The van der Waals surface area contributed by atoms with Crippen LogP contribution < -0.4 is 10.9 Å². The van der Waals surface area contributed by atoms with Crippen molar-refractivity contribution in [1.29, 1.82) is 0 Å². The minimum atomic E-state index is -0.488. The zero-order chi connectivity index (χ0) is 23.1. The second kappa shape index (κ2) is 10.6. The number of aromatic nitrogens is 2. The van der Waals surface area contributed by atoms with Gasteiger partial charge in [0, 0.05) is 52.1 Å². The summed E-state index contributed by atoms with van der Waals surface area (Å²) in [4.78, 5) is 47.6. The van der Waals surface area contributed by atoms with E-state index in [0.717, 1.165) is 19.6 Å². The number of piperazine rings is 1. The molecule has 0 spiro atoms. The summed E-state index contributed by atoms with van der Waals surface area (Å²) in [5.74, 6) is 0.588. The van der Waals surface area contributed by atoms with Gasteiger partial charge in [-0.3, -0.25) is 14.5 Å². The Balaban J connectivity index is 1.32. The summed E-state index contributed by atoms with van der Waals surface area (Å²) in [5, 5.41) is 3.51. The molecule has 0 aliphatic carbocycles. The van der Waals surface area contributed by atoms with Crippen molar-refractivity contribution in [3.8, 4) is 0 Å². The molecule has 0 unspecified atom stereocenters. The van der Waals surface area contributed by atoms with Crippen molar-refractivity contribution in [2.24, 2.45) is 0 Å². The zero-order valence-electron chi connectivity index (χ0n) is 19.1. The molecule has 0 bridgehead atoms. The number of nitrogens with zero attached hydrogens (tertiary/aromatic N) is 3. The molecule has 2 N–H and O–H groups in total. The summed E-state index contributed by atoms with van der Waals surface area (Å²) in [6, 6.07) is 7.22. The number of amides is 2. The lowest BCUT2D eigenvalue weighted by Gasteiger charge is -2.35. The Morgan fingerprint density at radius 2 is 1.88 bits per heavy atom. The van der Waals surface area contributed by atoms with Gasteiger partial charge in [-0.25, -0.2) is 9.78 Å². The van der Waals surface area contributed by atoms with Crippen molar-refractivity contribution in [1.82, 2.24) is 25.1 Å². The number of benzene rings is 1. The van der Waals surface area contributed by atoms with Gasteiger partial charge in [0.1, 0.15) is 11.4 Å². The predicted octanol–water partition coefficient (Wildman–Crippen LogP) is 1.91. The fourth-order valence-corrected chi connectivity index (χ4v) is 3.59. The van der Waals surface area contributed by atoms with Crippen LogP contribution in [0.15, 0.2) is 29.1 Å². The van der Waals surface area contributed by atoms with Crippen LogP contribution >= 0.6 is 0 Å². The van der Waals surface area contributed by atoms with Gasteiger partial charge in [0.05, 0.1) is 10.9 Å². The SMILES string of the molecule is CC(C)(C)OC(=O)N1CCN(CCNC(=O)CCCc2nc3ccccc3c(=O)[nH]2)CC1. The van der Waals surface area contributed by atoms with Crippen LogP contribution in [0, 0.1) is 0 Å². The molecule has 1 fully saturated rings. The van der Waals surface area contributed by atoms with Crippen molar-refractivity contribution >= 4 is 22.9 Å². The Bertz CT molecular complexity index is 990. The van der Waals surface area contributed by atoms with E-state index < -0.39 is 5.60 Å². The summed E-state index contributed by atoms with van der Waals surface area (Å²) in [5.41, 5.74) is 0.0299. The highest BCUT2D eigenvalue weighted by Crippen LogP contribution is 2.12. The number of nitrogens with one attached hydrogen (secondary N) is 2. The number of fused-ring (bicyclic) bond motifs is 1. The van der Waals surface area contributed by atoms with E-state index in [2.05, 4.69) is 20.2 Å². The zero-order valence-corrected chi connectivity index (χ0v) is 19.1. The molecule has 32 heavy (non-hydrogen) atoms. The van der Waals surface area contributed by atoms with Gasteiger partial charge in [-0.05, 0) is 39.3 Å². The lowest BCUT2D eigenvalue weighted by molar-refractivity contribution is -0.121. The van der Waals surface area contributed by atoms with Gasteiger partial charge in [-0.2, -0.15) is 0 Å². The van der Waals surface area contributed by atoms with Gasteiger partial charge in [0.25, 0.3) is 5.56 Å².